The number of rotatable bonds is 3. The second-order valence-corrected chi connectivity index (χ2v) is 4.88. The lowest BCUT2D eigenvalue weighted by Gasteiger charge is -2.06. The van der Waals surface area contributed by atoms with Crippen LogP contribution >= 0.6 is 0 Å². The molecule has 0 N–H and O–H groups in total. The van der Waals surface area contributed by atoms with E-state index in [2.05, 4.69) is 73.7 Å². The maximum atomic E-state index is 2.24. The lowest BCUT2D eigenvalue weighted by atomic mass is 10.2. The van der Waals surface area contributed by atoms with Crippen molar-refractivity contribution in [2.75, 3.05) is 0 Å². The predicted octanol–water partition coefficient (Wildman–Crippen LogP) is 4.12. The highest BCUT2D eigenvalue weighted by atomic mass is 15.0. The smallest absolute Gasteiger partial charge is 0.0274 e. The molecule has 2 heterocycles. The third-order valence-electron chi connectivity index (χ3n) is 2.95. The van der Waals surface area contributed by atoms with Crippen LogP contribution in [0.1, 0.15) is 39.8 Å². The Labute approximate surface area is 97.5 Å². The Morgan fingerprint density at radius 3 is 1.38 bits per heavy atom. The third kappa shape index (κ3) is 2.06. The highest BCUT2D eigenvalue weighted by Crippen LogP contribution is 2.23. The van der Waals surface area contributed by atoms with Crippen LogP contribution in [0, 0.1) is 0 Å². The molecule has 16 heavy (non-hydrogen) atoms. The molecule has 0 unspecified atom stereocenters. The van der Waals surface area contributed by atoms with Crippen molar-refractivity contribution >= 4 is 0 Å². The molecule has 2 aromatic rings. The van der Waals surface area contributed by atoms with Gasteiger partial charge in [0.25, 0.3) is 0 Å². The van der Waals surface area contributed by atoms with Gasteiger partial charge in [0.15, 0.2) is 0 Å². The molecule has 2 rings (SSSR count). The minimum absolute atomic E-state index is 0.529. The summed E-state index contributed by atoms with van der Waals surface area (Å²) in [7, 11) is 0. The van der Waals surface area contributed by atoms with Gasteiger partial charge >= 0.3 is 0 Å². The van der Waals surface area contributed by atoms with Crippen LogP contribution in [-0.4, -0.2) is 9.13 Å². The van der Waals surface area contributed by atoms with E-state index in [-0.39, 0.29) is 0 Å². The Morgan fingerprint density at radius 1 is 0.750 bits per heavy atom. The second-order valence-electron chi connectivity index (χ2n) is 4.88. The predicted molar refractivity (Wildman–Crippen MR) is 68.6 cm³/mol. The van der Waals surface area contributed by atoms with E-state index < -0.39 is 0 Å². The lowest BCUT2D eigenvalue weighted by molar-refractivity contribution is 0.603. The molecule has 0 saturated carbocycles. The molecule has 0 atom stereocenters. The van der Waals surface area contributed by atoms with Crippen LogP contribution in [0.5, 0.6) is 0 Å². The van der Waals surface area contributed by atoms with Crippen LogP contribution in [0.15, 0.2) is 36.9 Å². The third-order valence-corrected chi connectivity index (χ3v) is 2.95. The van der Waals surface area contributed by atoms with Crippen molar-refractivity contribution in [1.29, 1.82) is 0 Å². The molecule has 2 nitrogen and oxygen atoms in total. The molecule has 0 spiro atoms. The van der Waals surface area contributed by atoms with Crippen molar-refractivity contribution in [2.45, 2.75) is 39.8 Å². The van der Waals surface area contributed by atoms with Gasteiger partial charge in [-0.25, -0.2) is 0 Å². The molecule has 0 fully saturated rings. The molecule has 0 aromatic carbocycles. The minimum Gasteiger partial charge on any atom is -0.351 e. The van der Waals surface area contributed by atoms with Crippen molar-refractivity contribution in [3.63, 3.8) is 0 Å². The van der Waals surface area contributed by atoms with Crippen LogP contribution < -0.4 is 0 Å². The van der Waals surface area contributed by atoms with E-state index >= 15 is 0 Å². The zero-order valence-electron chi connectivity index (χ0n) is 10.5. The Morgan fingerprint density at radius 2 is 1.12 bits per heavy atom. The van der Waals surface area contributed by atoms with E-state index in [4.69, 9.17) is 0 Å². The molecule has 0 aliphatic rings. The quantitative estimate of drug-likeness (QED) is 0.730. The molecule has 86 valence electrons. The van der Waals surface area contributed by atoms with Crippen molar-refractivity contribution in [3.05, 3.63) is 36.9 Å². The average Bonchev–Trinajstić information content (AvgIpc) is 2.86. The first-order valence-electron chi connectivity index (χ1n) is 5.93. The summed E-state index contributed by atoms with van der Waals surface area (Å²) in [5.41, 5.74) is 2.60. The van der Waals surface area contributed by atoms with Gasteiger partial charge in [0.05, 0.1) is 0 Å². The van der Waals surface area contributed by atoms with Gasteiger partial charge < -0.3 is 9.13 Å². The minimum atomic E-state index is 0.529. The van der Waals surface area contributed by atoms with Crippen LogP contribution in [0.3, 0.4) is 0 Å². The highest BCUT2D eigenvalue weighted by Gasteiger charge is 2.05. The molecule has 2 aromatic heterocycles. The van der Waals surface area contributed by atoms with Crippen molar-refractivity contribution in [1.82, 2.24) is 9.13 Å². The molecule has 0 radical (unpaired) electrons. The highest BCUT2D eigenvalue weighted by molar-refractivity contribution is 5.62. The van der Waals surface area contributed by atoms with Gasteiger partial charge in [-0.2, -0.15) is 0 Å². The van der Waals surface area contributed by atoms with E-state index in [1.807, 2.05) is 0 Å². The Balaban J connectivity index is 2.28. The zero-order chi connectivity index (χ0) is 11.7. The summed E-state index contributed by atoms with van der Waals surface area (Å²) < 4.78 is 4.48. The molecular formula is C14H20N2. The number of hydrogen-bond acceptors (Lipinski definition) is 0. The summed E-state index contributed by atoms with van der Waals surface area (Å²) in [6.07, 6.45) is 8.72. The van der Waals surface area contributed by atoms with E-state index in [1.54, 1.807) is 0 Å². The lowest BCUT2D eigenvalue weighted by Crippen LogP contribution is -1.95. The van der Waals surface area contributed by atoms with Gasteiger partial charge in [-0.05, 0) is 39.8 Å². The largest absolute Gasteiger partial charge is 0.351 e. The van der Waals surface area contributed by atoms with E-state index in [0.29, 0.717) is 12.1 Å². The topological polar surface area (TPSA) is 9.86 Å². The Bertz CT molecular complexity index is 416. The SMILES string of the molecule is CC(C)n1ccc(-c2ccn(C(C)C)c2)c1. The summed E-state index contributed by atoms with van der Waals surface area (Å²) in [6.45, 7) is 8.79. The first kappa shape index (κ1) is 11.1. The van der Waals surface area contributed by atoms with Crippen molar-refractivity contribution in [3.8, 4) is 11.1 Å². The van der Waals surface area contributed by atoms with E-state index in [9.17, 15) is 0 Å². The molecular weight excluding hydrogens is 196 g/mol. The van der Waals surface area contributed by atoms with Gasteiger partial charge in [-0.15, -0.1) is 0 Å². The number of aromatic nitrogens is 2. The molecule has 0 aliphatic heterocycles. The zero-order valence-corrected chi connectivity index (χ0v) is 10.5. The van der Waals surface area contributed by atoms with Gasteiger partial charge in [0, 0.05) is 48.0 Å². The maximum Gasteiger partial charge on any atom is 0.0274 e. The number of nitrogens with zero attached hydrogens (tertiary/aromatic N) is 2. The number of hydrogen-bond donors (Lipinski definition) is 0. The second kappa shape index (κ2) is 4.20. The van der Waals surface area contributed by atoms with Crippen molar-refractivity contribution < 1.29 is 0 Å². The van der Waals surface area contributed by atoms with E-state index in [0.717, 1.165) is 0 Å². The summed E-state index contributed by atoms with van der Waals surface area (Å²) in [6, 6.07) is 5.42. The summed E-state index contributed by atoms with van der Waals surface area (Å²) in [4.78, 5) is 0. The molecule has 0 aliphatic carbocycles. The summed E-state index contributed by atoms with van der Waals surface area (Å²) in [5, 5.41) is 0. The normalized spacial score (nSPS) is 11.6. The fraction of sp³-hybridized carbons (Fsp3) is 0.429. The average molecular weight is 216 g/mol. The van der Waals surface area contributed by atoms with Crippen molar-refractivity contribution in [2.24, 2.45) is 0 Å². The van der Waals surface area contributed by atoms with Gasteiger partial charge in [0.1, 0.15) is 0 Å². The van der Waals surface area contributed by atoms with E-state index in [1.165, 1.54) is 11.1 Å². The fourth-order valence-electron chi connectivity index (χ4n) is 1.81. The van der Waals surface area contributed by atoms with Crippen LogP contribution in [0.4, 0.5) is 0 Å². The monoisotopic (exact) mass is 216 g/mol. The Kier molecular flexibility index (Phi) is 2.90. The first-order chi connectivity index (χ1) is 7.58. The van der Waals surface area contributed by atoms with Crippen LogP contribution in [0.25, 0.3) is 11.1 Å². The van der Waals surface area contributed by atoms with Crippen LogP contribution in [-0.2, 0) is 0 Å². The molecule has 0 saturated heterocycles. The fourth-order valence-corrected chi connectivity index (χ4v) is 1.81. The standard InChI is InChI=1S/C14H20N2/c1-11(2)15-7-5-13(9-15)14-6-8-16(10-14)12(3)4/h5-12H,1-4H3. The van der Waals surface area contributed by atoms with Gasteiger partial charge in [-0.3, -0.25) is 0 Å². The molecule has 0 amide bonds. The molecule has 0 bridgehead atoms. The Hall–Kier alpha value is -1.44. The van der Waals surface area contributed by atoms with Gasteiger partial charge in [-0.1, -0.05) is 0 Å². The van der Waals surface area contributed by atoms with Crippen LogP contribution in [0.2, 0.25) is 0 Å². The summed E-state index contributed by atoms with van der Waals surface area (Å²) >= 11 is 0. The van der Waals surface area contributed by atoms with Gasteiger partial charge in [0.2, 0.25) is 0 Å². The molecule has 2 heteroatoms. The summed E-state index contributed by atoms with van der Waals surface area (Å²) in [5.74, 6) is 0. The first-order valence-corrected chi connectivity index (χ1v) is 5.93. The maximum absolute atomic E-state index is 2.24.